The Labute approximate surface area is 115 Å². The lowest BCUT2D eigenvalue weighted by atomic mass is 9.95. The lowest BCUT2D eigenvalue weighted by Gasteiger charge is -2.15. The highest BCUT2D eigenvalue weighted by Gasteiger charge is 2.51. The van der Waals surface area contributed by atoms with Crippen LogP contribution in [0.3, 0.4) is 0 Å². The molecule has 2 N–H and O–H groups in total. The fraction of sp³-hybridized carbons (Fsp3) is 0.308. The molecule has 1 fully saturated rings. The first-order valence-corrected chi connectivity index (χ1v) is 6.47. The molecule has 0 radical (unpaired) electrons. The fourth-order valence-corrected chi connectivity index (χ4v) is 2.32. The van der Waals surface area contributed by atoms with E-state index in [1.54, 1.807) is 0 Å². The molecule has 1 aromatic heterocycles. The monoisotopic (exact) mass is 276 g/mol. The number of halogens is 1. The zero-order valence-corrected chi connectivity index (χ0v) is 10.9. The van der Waals surface area contributed by atoms with Gasteiger partial charge in [-0.15, -0.1) is 0 Å². The lowest BCUT2D eigenvalue weighted by Crippen LogP contribution is -2.34. The maximum Gasteiger partial charge on any atom is 0.231 e. The normalized spacial score (nSPS) is 16.1. The van der Waals surface area contributed by atoms with Crippen LogP contribution in [0, 0.1) is 0 Å². The maximum absolute atomic E-state index is 12.3. The molecule has 1 aliphatic rings. The van der Waals surface area contributed by atoms with Crippen LogP contribution in [0.4, 0.5) is 0 Å². The molecule has 0 bridgehead atoms. The van der Waals surface area contributed by atoms with Crippen LogP contribution in [0.15, 0.2) is 30.6 Å². The number of hydrogen-bond donors (Lipinski definition) is 2. The maximum atomic E-state index is 12.3. The molecule has 1 amide bonds. The minimum Gasteiger partial charge on any atom is -0.348 e. The molecule has 5 nitrogen and oxygen atoms in total. The smallest absolute Gasteiger partial charge is 0.231 e. The molecular formula is C13H13ClN4O. The lowest BCUT2D eigenvalue weighted by molar-refractivity contribution is -0.123. The van der Waals surface area contributed by atoms with Crippen molar-refractivity contribution in [3.8, 4) is 0 Å². The van der Waals surface area contributed by atoms with E-state index in [4.69, 9.17) is 11.6 Å². The Hall–Kier alpha value is -1.88. The molecule has 6 heteroatoms. The third-order valence-corrected chi connectivity index (χ3v) is 3.71. The molecule has 98 valence electrons. The number of benzene rings is 1. The van der Waals surface area contributed by atoms with Crippen LogP contribution in [0.5, 0.6) is 0 Å². The Morgan fingerprint density at radius 2 is 2.11 bits per heavy atom. The van der Waals surface area contributed by atoms with E-state index in [2.05, 4.69) is 20.5 Å². The largest absolute Gasteiger partial charge is 0.348 e. The molecule has 1 heterocycles. The number of nitrogens with one attached hydrogen (secondary N) is 2. The summed E-state index contributed by atoms with van der Waals surface area (Å²) in [5.41, 5.74) is 0.636. The molecule has 0 saturated heterocycles. The average molecular weight is 277 g/mol. The van der Waals surface area contributed by atoms with Crippen LogP contribution in [-0.4, -0.2) is 21.1 Å². The molecule has 0 spiro atoms. The second-order valence-electron chi connectivity index (χ2n) is 4.70. The molecule has 1 aliphatic carbocycles. The van der Waals surface area contributed by atoms with Gasteiger partial charge in [0.25, 0.3) is 0 Å². The van der Waals surface area contributed by atoms with E-state index in [-0.39, 0.29) is 11.3 Å². The van der Waals surface area contributed by atoms with E-state index in [1.165, 1.54) is 6.33 Å². The summed E-state index contributed by atoms with van der Waals surface area (Å²) >= 11 is 5.87. The van der Waals surface area contributed by atoms with Gasteiger partial charge in [-0.25, -0.2) is 4.98 Å². The molecule has 0 unspecified atom stereocenters. The van der Waals surface area contributed by atoms with Crippen molar-refractivity contribution in [3.05, 3.63) is 47.0 Å². The first-order chi connectivity index (χ1) is 9.21. The number of carbonyl (C=O) groups excluding carboxylic acids is 1. The van der Waals surface area contributed by atoms with Crippen LogP contribution in [0.25, 0.3) is 0 Å². The summed E-state index contributed by atoms with van der Waals surface area (Å²) in [4.78, 5) is 16.3. The van der Waals surface area contributed by atoms with Crippen molar-refractivity contribution in [3.63, 3.8) is 0 Å². The van der Waals surface area contributed by atoms with Crippen LogP contribution < -0.4 is 5.32 Å². The van der Waals surface area contributed by atoms with E-state index in [1.807, 2.05) is 24.3 Å². The van der Waals surface area contributed by atoms with Gasteiger partial charge >= 0.3 is 0 Å². The quantitative estimate of drug-likeness (QED) is 0.895. The zero-order valence-electron chi connectivity index (χ0n) is 10.2. The van der Waals surface area contributed by atoms with Gasteiger partial charge < -0.3 is 5.32 Å². The highest BCUT2D eigenvalue weighted by Crippen LogP contribution is 2.48. The molecule has 0 atom stereocenters. The molecule has 2 aromatic rings. The summed E-state index contributed by atoms with van der Waals surface area (Å²) in [6.45, 7) is 0.369. The Morgan fingerprint density at radius 3 is 2.68 bits per heavy atom. The van der Waals surface area contributed by atoms with Gasteiger partial charge in [-0.2, -0.15) is 5.10 Å². The average Bonchev–Trinajstić information content (AvgIpc) is 3.07. The SMILES string of the molecule is O=C(NCc1ncn[nH]1)C1(c2ccc(Cl)cc2)CC1. The van der Waals surface area contributed by atoms with Crippen molar-refractivity contribution in [2.45, 2.75) is 24.8 Å². The Balaban J connectivity index is 1.70. The van der Waals surface area contributed by atoms with E-state index >= 15 is 0 Å². The minimum absolute atomic E-state index is 0.0335. The summed E-state index contributed by atoms with van der Waals surface area (Å²) in [6, 6.07) is 7.48. The number of amides is 1. The third-order valence-electron chi connectivity index (χ3n) is 3.46. The summed E-state index contributed by atoms with van der Waals surface area (Å²) in [7, 11) is 0. The van der Waals surface area contributed by atoms with Gasteiger partial charge in [0.1, 0.15) is 12.2 Å². The molecule has 1 saturated carbocycles. The summed E-state index contributed by atoms with van der Waals surface area (Å²) < 4.78 is 0. The first-order valence-electron chi connectivity index (χ1n) is 6.09. The van der Waals surface area contributed by atoms with Gasteiger partial charge in [0, 0.05) is 5.02 Å². The molecule has 19 heavy (non-hydrogen) atoms. The van der Waals surface area contributed by atoms with Crippen molar-refractivity contribution < 1.29 is 4.79 Å². The zero-order chi connectivity index (χ0) is 13.3. The summed E-state index contributed by atoms with van der Waals surface area (Å²) in [6.07, 6.45) is 3.17. The van der Waals surface area contributed by atoms with Gasteiger partial charge in [0.15, 0.2) is 0 Å². The van der Waals surface area contributed by atoms with Crippen molar-refractivity contribution in [2.24, 2.45) is 0 Å². The number of nitrogens with zero attached hydrogens (tertiary/aromatic N) is 2. The highest BCUT2D eigenvalue weighted by atomic mass is 35.5. The topological polar surface area (TPSA) is 70.7 Å². The van der Waals surface area contributed by atoms with E-state index in [0.717, 1.165) is 18.4 Å². The fourth-order valence-electron chi connectivity index (χ4n) is 2.19. The summed E-state index contributed by atoms with van der Waals surface area (Å²) in [5.74, 6) is 0.687. The number of aromatic amines is 1. The van der Waals surface area contributed by atoms with E-state index in [9.17, 15) is 4.79 Å². The first kappa shape index (κ1) is 12.2. The van der Waals surface area contributed by atoms with Crippen molar-refractivity contribution in [2.75, 3.05) is 0 Å². The van der Waals surface area contributed by atoms with E-state index in [0.29, 0.717) is 17.4 Å². The Morgan fingerprint density at radius 1 is 1.37 bits per heavy atom. The van der Waals surface area contributed by atoms with E-state index < -0.39 is 0 Å². The number of carbonyl (C=O) groups is 1. The predicted octanol–water partition coefficient (Wildman–Crippen LogP) is 1.81. The van der Waals surface area contributed by atoms with Crippen LogP contribution in [-0.2, 0) is 16.8 Å². The number of aromatic nitrogens is 3. The second-order valence-corrected chi connectivity index (χ2v) is 5.14. The number of H-pyrrole nitrogens is 1. The van der Waals surface area contributed by atoms with Gasteiger partial charge in [-0.1, -0.05) is 23.7 Å². The standard InChI is InChI=1S/C13H13ClN4O/c14-10-3-1-9(2-4-10)13(5-6-13)12(19)15-7-11-16-8-17-18-11/h1-4,8H,5-7H2,(H,15,19)(H,16,17,18). The number of rotatable bonds is 4. The molecule has 1 aromatic carbocycles. The Kier molecular flexibility index (Phi) is 2.98. The molecular weight excluding hydrogens is 264 g/mol. The Bertz CT molecular complexity index is 575. The van der Waals surface area contributed by atoms with Gasteiger partial charge in [0.05, 0.1) is 12.0 Å². The van der Waals surface area contributed by atoms with Crippen molar-refractivity contribution in [1.29, 1.82) is 0 Å². The van der Waals surface area contributed by atoms with Gasteiger partial charge in [0.2, 0.25) is 5.91 Å². The molecule has 3 rings (SSSR count). The predicted molar refractivity (Wildman–Crippen MR) is 70.6 cm³/mol. The third kappa shape index (κ3) is 2.33. The van der Waals surface area contributed by atoms with Gasteiger partial charge in [-0.05, 0) is 30.5 Å². The van der Waals surface area contributed by atoms with Crippen molar-refractivity contribution in [1.82, 2.24) is 20.5 Å². The summed E-state index contributed by atoms with van der Waals surface area (Å²) in [5, 5.41) is 10.0. The van der Waals surface area contributed by atoms with Crippen LogP contribution in [0.1, 0.15) is 24.2 Å². The highest BCUT2D eigenvalue weighted by molar-refractivity contribution is 6.30. The second kappa shape index (κ2) is 4.66. The van der Waals surface area contributed by atoms with Gasteiger partial charge in [-0.3, -0.25) is 9.89 Å². The number of hydrogen-bond acceptors (Lipinski definition) is 3. The minimum atomic E-state index is -0.384. The van der Waals surface area contributed by atoms with Crippen molar-refractivity contribution >= 4 is 17.5 Å². The van der Waals surface area contributed by atoms with Crippen LogP contribution >= 0.6 is 11.6 Å². The van der Waals surface area contributed by atoms with Crippen LogP contribution in [0.2, 0.25) is 5.02 Å². The molecule has 0 aliphatic heterocycles.